The number of halogens is 1. The molecule has 1 fully saturated rings. The molecule has 0 amide bonds. The Hall–Kier alpha value is 0.0900. The van der Waals surface area contributed by atoms with Crippen LogP contribution in [-0.2, 0) is 10.0 Å². The maximum absolute atomic E-state index is 12.4. The maximum Gasteiger partial charge on any atom is 0.241 e. The van der Waals surface area contributed by atoms with Gasteiger partial charge in [-0.05, 0) is 60.0 Å². The minimum Gasteiger partial charge on any atom is -0.208 e. The zero-order valence-corrected chi connectivity index (χ0v) is 14.7. The van der Waals surface area contributed by atoms with Gasteiger partial charge in [0.15, 0.2) is 0 Å². The maximum atomic E-state index is 12.4. The predicted octanol–water partition coefficient (Wildman–Crippen LogP) is 3.92. The molecule has 0 saturated heterocycles. The Morgan fingerprint density at radius 1 is 1.32 bits per heavy atom. The first-order valence-electron chi connectivity index (χ1n) is 6.58. The summed E-state index contributed by atoms with van der Waals surface area (Å²) in [5, 5.41) is 0. The van der Waals surface area contributed by atoms with Crippen LogP contribution >= 0.6 is 27.3 Å². The van der Waals surface area contributed by atoms with E-state index in [-0.39, 0.29) is 6.04 Å². The number of sulfonamides is 1. The molecular weight excluding hydrogens is 346 g/mol. The van der Waals surface area contributed by atoms with Crippen molar-refractivity contribution in [2.24, 2.45) is 11.8 Å². The average molecular weight is 366 g/mol. The van der Waals surface area contributed by atoms with Crippen LogP contribution in [0.3, 0.4) is 0 Å². The second-order valence-electron chi connectivity index (χ2n) is 5.56. The third-order valence-corrected chi connectivity index (χ3v) is 7.38. The predicted molar refractivity (Wildman–Crippen MR) is 83.0 cm³/mol. The molecule has 19 heavy (non-hydrogen) atoms. The van der Waals surface area contributed by atoms with E-state index in [1.807, 2.05) is 6.92 Å². The van der Waals surface area contributed by atoms with E-state index in [0.29, 0.717) is 16.7 Å². The highest BCUT2D eigenvalue weighted by molar-refractivity contribution is 9.11. The zero-order valence-electron chi connectivity index (χ0n) is 11.4. The van der Waals surface area contributed by atoms with Crippen molar-refractivity contribution >= 4 is 37.3 Å². The lowest BCUT2D eigenvalue weighted by Crippen LogP contribution is -2.39. The lowest BCUT2D eigenvalue weighted by atomic mass is 9.79. The summed E-state index contributed by atoms with van der Waals surface area (Å²) in [5.74, 6) is 1.27. The van der Waals surface area contributed by atoms with E-state index in [1.165, 1.54) is 11.3 Å². The Morgan fingerprint density at radius 3 is 2.53 bits per heavy atom. The minimum absolute atomic E-state index is 0.0780. The Balaban J connectivity index is 2.12. The summed E-state index contributed by atoms with van der Waals surface area (Å²) in [5.41, 5.74) is 0. The fraction of sp³-hybridized carbons (Fsp3) is 0.692. The van der Waals surface area contributed by atoms with Gasteiger partial charge in [-0.25, -0.2) is 13.1 Å². The van der Waals surface area contributed by atoms with E-state index in [0.717, 1.165) is 27.9 Å². The molecule has 0 aromatic carbocycles. The molecule has 1 heterocycles. The van der Waals surface area contributed by atoms with Crippen molar-refractivity contribution in [3.8, 4) is 0 Å². The van der Waals surface area contributed by atoms with Crippen LogP contribution in [0.1, 0.15) is 38.0 Å². The van der Waals surface area contributed by atoms with Gasteiger partial charge in [-0.1, -0.05) is 13.8 Å². The molecule has 3 atom stereocenters. The van der Waals surface area contributed by atoms with Crippen molar-refractivity contribution in [3.05, 3.63) is 14.7 Å². The number of hydrogen-bond acceptors (Lipinski definition) is 3. The molecule has 3 nitrogen and oxygen atoms in total. The van der Waals surface area contributed by atoms with Gasteiger partial charge in [0.05, 0.1) is 8.68 Å². The summed E-state index contributed by atoms with van der Waals surface area (Å²) in [7, 11) is -3.38. The van der Waals surface area contributed by atoms with E-state index in [9.17, 15) is 8.42 Å². The number of thiophene rings is 1. The lowest BCUT2D eigenvalue weighted by molar-refractivity contribution is 0.242. The molecule has 0 bridgehead atoms. The standard InChI is InChI=1S/C13H20BrNO2S2/c1-8-4-5-11(6-9(8)2)15-19(16,17)12-7-13(14)18-10(12)3/h7-9,11,15H,4-6H2,1-3H3. The summed E-state index contributed by atoms with van der Waals surface area (Å²) in [4.78, 5) is 1.24. The first-order chi connectivity index (χ1) is 8.79. The molecule has 1 aliphatic carbocycles. The molecule has 2 rings (SSSR count). The lowest BCUT2D eigenvalue weighted by Gasteiger charge is -2.32. The molecule has 6 heteroatoms. The number of aryl methyl sites for hydroxylation is 1. The average Bonchev–Trinajstić information content (AvgIpc) is 2.63. The van der Waals surface area contributed by atoms with E-state index in [1.54, 1.807) is 6.07 Å². The van der Waals surface area contributed by atoms with Crippen molar-refractivity contribution in [2.45, 2.75) is 51.0 Å². The quantitative estimate of drug-likeness (QED) is 0.881. The van der Waals surface area contributed by atoms with Crippen LogP contribution in [0, 0.1) is 18.8 Å². The number of hydrogen-bond donors (Lipinski definition) is 1. The van der Waals surface area contributed by atoms with Gasteiger partial charge < -0.3 is 0 Å². The van der Waals surface area contributed by atoms with E-state index >= 15 is 0 Å². The Bertz CT molecular complexity index is 553. The van der Waals surface area contributed by atoms with Crippen molar-refractivity contribution in [2.75, 3.05) is 0 Å². The van der Waals surface area contributed by atoms with Crippen LogP contribution in [0.2, 0.25) is 0 Å². The first-order valence-corrected chi connectivity index (χ1v) is 9.67. The first kappa shape index (κ1) is 15.5. The highest BCUT2D eigenvalue weighted by Gasteiger charge is 2.29. The highest BCUT2D eigenvalue weighted by atomic mass is 79.9. The van der Waals surface area contributed by atoms with Crippen molar-refractivity contribution in [1.29, 1.82) is 0 Å². The second-order valence-corrected chi connectivity index (χ2v) is 9.87. The summed E-state index contributed by atoms with van der Waals surface area (Å²) >= 11 is 4.80. The monoisotopic (exact) mass is 365 g/mol. The third kappa shape index (κ3) is 3.60. The molecular formula is C13H20BrNO2S2. The van der Waals surface area contributed by atoms with E-state index in [2.05, 4.69) is 34.5 Å². The van der Waals surface area contributed by atoms with Crippen LogP contribution in [0.4, 0.5) is 0 Å². The smallest absolute Gasteiger partial charge is 0.208 e. The van der Waals surface area contributed by atoms with E-state index in [4.69, 9.17) is 0 Å². The SMILES string of the molecule is Cc1sc(Br)cc1S(=O)(=O)NC1CCC(C)C(C)C1. The second kappa shape index (κ2) is 5.84. The van der Waals surface area contributed by atoms with E-state index < -0.39 is 10.0 Å². The molecule has 1 saturated carbocycles. The fourth-order valence-corrected chi connectivity index (χ4v) is 6.33. The normalized spacial score (nSPS) is 28.5. The summed E-state index contributed by atoms with van der Waals surface area (Å²) in [6, 6.07) is 1.77. The summed E-state index contributed by atoms with van der Waals surface area (Å²) in [6.07, 6.45) is 2.97. The molecule has 3 unspecified atom stereocenters. The Kier molecular flexibility index (Phi) is 4.75. The van der Waals surface area contributed by atoms with Gasteiger partial charge in [0.2, 0.25) is 10.0 Å². The van der Waals surface area contributed by atoms with Gasteiger partial charge in [-0.3, -0.25) is 0 Å². The van der Waals surface area contributed by atoms with Gasteiger partial charge in [-0.2, -0.15) is 0 Å². The van der Waals surface area contributed by atoms with Gasteiger partial charge in [0.1, 0.15) is 0 Å². The Labute approximate surface area is 128 Å². The largest absolute Gasteiger partial charge is 0.241 e. The van der Waals surface area contributed by atoms with Crippen LogP contribution in [0.5, 0.6) is 0 Å². The minimum atomic E-state index is -3.38. The number of nitrogens with one attached hydrogen (secondary N) is 1. The zero-order chi connectivity index (χ0) is 14.2. The molecule has 0 radical (unpaired) electrons. The van der Waals surface area contributed by atoms with Gasteiger partial charge >= 0.3 is 0 Å². The molecule has 0 aliphatic heterocycles. The van der Waals surface area contributed by atoms with Crippen LogP contribution in [-0.4, -0.2) is 14.5 Å². The number of rotatable bonds is 3. The topological polar surface area (TPSA) is 46.2 Å². The fourth-order valence-electron chi connectivity index (χ4n) is 2.63. The third-order valence-electron chi connectivity index (χ3n) is 4.05. The Morgan fingerprint density at radius 2 is 2.00 bits per heavy atom. The van der Waals surface area contributed by atoms with Gasteiger partial charge in [0, 0.05) is 10.9 Å². The molecule has 1 aromatic heterocycles. The van der Waals surface area contributed by atoms with Crippen molar-refractivity contribution in [1.82, 2.24) is 4.72 Å². The van der Waals surface area contributed by atoms with Crippen molar-refractivity contribution < 1.29 is 8.42 Å². The van der Waals surface area contributed by atoms with Crippen LogP contribution < -0.4 is 4.72 Å². The highest BCUT2D eigenvalue weighted by Crippen LogP contribution is 2.32. The summed E-state index contributed by atoms with van der Waals surface area (Å²) < 4.78 is 28.5. The molecule has 1 N–H and O–H groups in total. The molecule has 108 valence electrons. The van der Waals surface area contributed by atoms with Crippen molar-refractivity contribution in [3.63, 3.8) is 0 Å². The van der Waals surface area contributed by atoms with Gasteiger partial charge in [-0.15, -0.1) is 11.3 Å². The molecule has 1 aromatic rings. The summed E-state index contributed by atoms with van der Waals surface area (Å²) in [6.45, 7) is 6.29. The van der Waals surface area contributed by atoms with Crippen LogP contribution in [0.25, 0.3) is 0 Å². The van der Waals surface area contributed by atoms with Crippen LogP contribution in [0.15, 0.2) is 14.7 Å². The molecule has 1 aliphatic rings. The molecule has 0 spiro atoms. The van der Waals surface area contributed by atoms with Gasteiger partial charge in [0.25, 0.3) is 0 Å².